The second kappa shape index (κ2) is 8.46. The summed E-state index contributed by atoms with van der Waals surface area (Å²) in [5, 5.41) is 50.5. The molecule has 0 amide bonds. The largest absolute Gasteiger partial charge is 1.00 e. The van der Waals surface area contributed by atoms with Crippen LogP contribution in [0.25, 0.3) is 0 Å². The van der Waals surface area contributed by atoms with E-state index in [9.17, 15) is 35.3 Å². The minimum Gasteiger partial charge on any atom is -0.547 e. The number of rotatable bonds is 4. The van der Waals surface area contributed by atoms with E-state index >= 15 is 0 Å². The number of ether oxygens (including phenoxy) is 2. The molecule has 1 saturated heterocycles. The Hall–Kier alpha value is -0.634. The number of nitrogens with zero attached hydrogens (tertiary/aromatic N) is 1. The van der Waals surface area contributed by atoms with Crippen LogP contribution in [0.1, 0.15) is 0 Å². The van der Waals surface area contributed by atoms with Crippen LogP contribution < -0.4 is 61.2 Å². The first kappa shape index (κ1) is 20.4. The molecule has 0 aromatic heterocycles. The zero-order valence-electron chi connectivity index (χ0n) is 11.9. The van der Waals surface area contributed by atoms with Crippen molar-refractivity contribution in [2.75, 3.05) is 0 Å². The molecule has 11 heteroatoms. The van der Waals surface area contributed by atoms with Crippen LogP contribution in [-0.2, 0) is 9.53 Å². The van der Waals surface area contributed by atoms with E-state index in [1.54, 1.807) is 0 Å². The van der Waals surface area contributed by atoms with Gasteiger partial charge in [-0.3, -0.25) is 10.1 Å². The predicted molar refractivity (Wildman–Crippen MR) is 65.4 cm³/mol. The van der Waals surface area contributed by atoms with Gasteiger partial charge >= 0.3 is 57.1 Å². The molecule has 10 nitrogen and oxygen atoms in total. The Bertz CT molecular complexity index is 583. The molecule has 1 heterocycles. The van der Waals surface area contributed by atoms with Gasteiger partial charge in [-0.05, 0) is 6.07 Å². The maximum atomic E-state index is 10.9. The van der Waals surface area contributed by atoms with Crippen LogP contribution in [0.15, 0.2) is 24.3 Å². The summed E-state index contributed by atoms with van der Waals surface area (Å²) in [6.07, 6.45) is -9.31. The molecular weight excluding hydrogens is 341 g/mol. The van der Waals surface area contributed by atoms with E-state index in [4.69, 9.17) is 9.47 Å². The van der Waals surface area contributed by atoms with Crippen molar-refractivity contribution in [3.63, 3.8) is 0 Å². The zero-order valence-corrected chi connectivity index (χ0v) is 15.1. The van der Waals surface area contributed by atoms with Gasteiger partial charge in [-0.15, -0.1) is 0 Å². The van der Waals surface area contributed by atoms with E-state index in [2.05, 4.69) is 0 Å². The number of aliphatic hydroxyl groups excluding tert-OH is 3. The number of hydrogen-bond donors (Lipinski definition) is 3. The van der Waals surface area contributed by atoms with E-state index in [0.29, 0.717) is 0 Å². The van der Waals surface area contributed by atoms with Crippen molar-refractivity contribution >= 4 is 11.7 Å². The molecule has 3 N–H and O–H groups in total. The van der Waals surface area contributed by atoms with Crippen molar-refractivity contribution in [3.8, 4) is 5.75 Å². The van der Waals surface area contributed by atoms with Crippen molar-refractivity contribution in [1.82, 2.24) is 0 Å². The molecule has 1 aliphatic rings. The minimum absolute atomic E-state index is 0. The number of carbonyl (C=O) groups is 1. The van der Waals surface area contributed by atoms with Gasteiger partial charge in [-0.25, -0.2) is 0 Å². The summed E-state index contributed by atoms with van der Waals surface area (Å²) in [6.45, 7) is 0. The number of benzene rings is 1. The first-order chi connectivity index (χ1) is 10.3. The van der Waals surface area contributed by atoms with E-state index in [0.717, 1.165) is 6.07 Å². The molecule has 0 spiro atoms. The standard InChI is InChI=1S/C12H13NO9.K/c14-7-8(15)10(11(17)18)22-12(9(7)16)21-6-4-2-1-3-5(6)13(19)20;/h1-4,7-10,12,14-16H,(H,17,18);/q;+1/p-1. The number of carboxylic acid groups (broad SMARTS) is 1. The summed E-state index contributed by atoms with van der Waals surface area (Å²) in [4.78, 5) is 21.0. The molecular formula is C12H12KNO9. The number of carboxylic acids is 1. The third-order valence-electron chi connectivity index (χ3n) is 3.11. The van der Waals surface area contributed by atoms with Gasteiger partial charge < -0.3 is 34.7 Å². The minimum atomic E-state index is -1.95. The van der Waals surface area contributed by atoms with Crippen LogP contribution in [0.4, 0.5) is 5.69 Å². The van der Waals surface area contributed by atoms with Gasteiger partial charge in [0.2, 0.25) is 6.29 Å². The zero-order chi connectivity index (χ0) is 16.4. The van der Waals surface area contributed by atoms with Crippen LogP contribution in [0, 0.1) is 10.1 Å². The molecule has 5 unspecified atom stereocenters. The summed E-state index contributed by atoms with van der Waals surface area (Å²) in [5.74, 6) is -2.12. The monoisotopic (exact) mass is 353 g/mol. The van der Waals surface area contributed by atoms with Crippen molar-refractivity contribution in [2.24, 2.45) is 0 Å². The maximum absolute atomic E-state index is 10.9. The molecule has 0 radical (unpaired) electrons. The molecule has 5 atom stereocenters. The second-order valence-corrected chi connectivity index (χ2v) is 4.56. The quantitative estimate of drug-likeness (QED) is 0.272. The fourth-order valence-corrected chi connectivity index (χ4v) is 1.97. The van der Waals surface area contributed by atoms with Gasteiger partial charge in [0, 0.05) is 6.07 Å². The Morgan fingerprint density at radius 1 is 1.17 bits per heavy atom. The molecule has 1 aromatic rings. The maximum Gasteiger partial charge on any atom is 1.00 e. The third kappa shape index (κ3) is 4.46. The summed E-state index contributed by atoms with van der Waals surface area (Å²) < 4.78 is 9.90. The molecule has 0 aliphatic carbocycles. The number of hydrogen-bond acceptors (Lipinski definition) is 9. The van der Waals surface area contributed by atoms with Gasteiger partial charge in [-0.2, -0.15) is 0 Å². The van der Waals surface area contributed by atoms with Crippen LogP contribution in [0.3, 0.4) is 0 Å². The van der Waals surface area contributed by atoms with Gasteiger partial charge in [0.15, 0.2) is 5.75 Å². The van der Waals surface area contributed by atoms with Gasteiger partial charge in [0.25, 0.3) is 0 Å². The first-order valence-corrected chi connectivity index (χ1v) is 6.13. The van der Waals surface area contributed by atoms with Gasteiger partial charge in [0.05, 0.1) is 10.9 Å². The summed E-state index contributed by atoms with van der Waals surface area (Å²) in [5.41, 5.74) is -0.441. The molecule has 0 saturated carbocycles. The van der Waals surface area contributed by atoms with E-state index in [1.807, 2.05) is 0 Å². The normalized spacial score (nSPS) is 30.1. The Kier molecular flexibility index (Phi) is 7.51. The Morgan fingerprint density at radius 3 is 2.35 bits per heavy atom. The topological polar surface area (TPSA) is 162 Å². The van der Waals surface area contributed by atoms with Gasteiger partial charge in [0.1, 0.15) is 24.4 Å². The van der Waals surface area contributed by atoms with E-state index < -0.39 is 47.3 Å². The van der Waals surface area contributed by atoms with Crippen LogP contribution in [-0.4, -0.2) is 56.9 Å². The molecule has 23 heavy (non-hydrogen) atoms. The summed E-state index contributed by atoms with van der Waals surface area (Å²) in [6, 6.07) is 5.14. The predicted octanol–water partition coefficient (Wildman–Crippen LogP) is -5.46. The average Bonchev–Trinajstić information content (AvgIpc) is 2.47. The average molecular weight is 353 g/mol. The van der Waals surface area contributed by atoms with Crippen molar-refractivity contribution in [3.05, 3.63) is 34.4 Å². The van der Waals surface area contributed by atoms with E-state index in [-0.39, 0.29) is 57.1 Å². The molecule has 1 fully saturated rings. The summed E-state index contributed by atoms with van der Waals surface area (Å²) in [7, 11) is 0. The van der Waals surface area contributed by atoms with Crippen LogP contribution in [0.2, 0.25) is 0 Å². The molecule has 120 valence electrons. The van der Waals surface area contributed by atoms with Crippen LogP contribution >= 0.6 is 0 Å². The first-order valence-electron chi connectivity index (χ1n) is 6.13. The number of nitro groups is 1. The summed E-state index contributed by atoms with van der Waals surface area (Å²) >= 11 is 0. The number of para-hydroxylation sites is 2. The molecule has 1 aromatic carbocycles. The fraction of sp³-hybridized carbons (Fsp3) is 0.417. The fourth-order valence-electron chi connectivity index (χ4n) is 1.97. The number of aliphatic carboxylic acids is 1. The Balaban J connectivity index is 0.00000264. The Morgan fingerprint density at radius 2 is 1.78 bits per heavy atom. The van der Waals surface area contributed by atoms with Crippen molar-refractivity contribution < 1.29 is 91.0 Å². The number of nitro benzene ring substituents is 1. The molecule has 2 rings (SSSR count). The third-order valence-corrected chi connectivity index (χ3v) is 3.11. The van der Waals surface area contributed by atoms with Crippen LogP contribution in [0.5, 0.6) is 5.75 Å². The SMILES string of the molecule is O=C([O-])C1OC(Oc2ccccc2[N+](=O)[O-])C(O)C(O)C1O.[K+]. The molecule has 1 aliphatic heterocycles. The van der Waals surface area contributed by atoms with E-state index in [1.165, 1.54) is 18.2 Å². The number of carbonyl (C=O) groups excluding carboxylic acids is 1. The number of aliphatic hydroxyl groups is 3. The second-order valence-electron chi connectivity index (χ2n) is 4.56. The van der Waals surface area contributed by atoms with Crippen molar-refractivity contribution in [1.29, 1.82) is 0 Å². The molecule has 0 bridgehead atoms. The van der Waals surface area contributed by atoms with Gasteiger partial charge in [-0.1, -0.05) is 12.1 Å². The van der Waals surface area contributed by atoms with Crippen molar-refractivity contribution in [2.45, 2.75) is 30.7 Å². The smallest absolute Gasteiger partial charge is 0.547 e. The Labute approximate surface area is 172 Å².